The number of nitrogen functional groups attached to an aromatic ring is 1. The predicted octanol–water partition coefficient (Wildman–Crippen LogP) is 2.58. The van der Waals surface area contributed by atoms with E-state index in [-0.39, 0.29) is 5.91 Å². The van der Waals surface area contributed by atoms with Crippen molar-refractivity contribution in [2.75, 3.05) is 19.8 Å². The first-order valence-electron chi connectivity index (χ1n) is 7.88. The van der Waals surface area contributed by atoms with Gasteiger partial charge in [-0.15, -0.1) is 0 Å². The van der Waals surface area contributed by atoms with Crippen molar-refractivity contribution in [1.82, 2.24) is 10.2 Å². The monoisotopic (exact) mass is 311 g/mol. The lowest BCUT2D eigenvalue weighted by atomic mass is 10.1. The van der Waals surface area contributed by atoms with E-state index in [1.54, 1.807) is 0 Å². The van der Waals surface area contributed by atoms with Crippen LogP contribution >= 0.6 is 0 Å². The van der Waals surface area contributed by atoms with Gasteiger partial charge < -0.3 is 16.0 Å². The number of rotatable bonds is 7. The summed E-state index contributed by atoms with van der Waals surface area (Å²) in [6.45, 7) is 1.43. The van der Waals surface area contributed by atoms with Gasteiger partial charge in [0.2, 0.25) is 5.91 Å². The summed E-state index contributed by atoms with van der Waals surface area (Å²) in [6, 6.07) is 15.9. The van der Waals surface area contributed by atoms with E-state index in [4.69, 9.17) is 5.73 Å². The van der Waals surface area contributed by atoms with Crippen LogP contribution in [0.4, 0.5) is 5.69 Å². The SMILES string of the molecule is CN(C)Cc1ccccc1CNC(=O)CCc1ccccc1N. The third-order valence-electron chi connectivity index (χ3n) is 3.76. The average molecular weight is 311 g/mol. The van der Waals surface area contributed by atoms with Gasteiger partial charge in [-0.25, -0.2) is 0 Å². The number of amides is 1. The summed E-state index contributed by atoms with van der Waals surface area (Å²) in [5.74, 6) is 0.0490. The highest BCUT2D eigenvalue weighted by Gasteiger charge is 2.07. The molecule has 0 radical (unpaired) electrons. The molecule has 2 aromatic carbocycles. The second-order valence-corrected chi connectivity index (χ2v) is 5.98. The standard InChI is InChI=1S/C19H25N3O/c1-22(2)14-17-9-4-3-8-16(17)13-21-19(23)12-11-15-7-5-6-10-18(15)20/h3-10H,11-14,20H2,1-2H3,(H,21,23). The van der Waals surface area contributed by atoms with Gasteiger partial charge in [-0.1, -0.05) is 42.5 Å². The second kappa shape index (κ2) is 8.34. The van der Waals surface area contributed by atoms with Crippen molar-refractivity contribution in [3.63, 3.8) is 0 Å². The van der Waals surface area contributed by atoms with Gasteiger partial charge in [0.25, 0.3) is 0 Å². The zero-order valence-corrected chi connectivity index (χ0v) is 13.9. The molecule has 0 unspecified atom stereocenters. The lowest BCUT2D eigenvalue weighted by Gasteiger charge is -2.14. The summed E-state index contributed by atoms with van der Waals surface area (Å²) >= 11 is 0. The third kappa shape index (κ3) is 5.42. The molecule has 2 aromatic rings. The first-order chi connectivity index (χ1) is 11.1. The van der Waals surface area contributed by atoms with E-state index in [0.29, 0.717) is 19.4 Å². The van der Waals surface area contributed by atoms with Crippen LogP contribution in [-0.2, 0) is 24.3 Å². The maximum absolute atomic E-state index is 12.1. The van der Waals surface area contributed by atoms with Gasteiger partial charge in [-0.05, 0) is 43.3 Å². The molecule has 23 heavy (non-hydrogen) atoms. The zero-order valence-electron chi connectivity index (χ0n) is 13.9. The summed E-state index contributed by atoms with van der Waals surface area (Å²) in [7, 11) is 4.08. The Bertz CT molecular complexity index is 653. The molecule has 0 aliphatic heterocycles. The van der Waals surface area contributed by atoms with Crippen molar-refractivity contribution in [3.05, 3.63) is 65.2 Å². The maximum atomic E-state index is 12.1. The number of benzene rings is 2. The summed E-state index contributed by atoms with van der Waals surface area (Å²) < 4.78 is 0. The van der Waals surface area contributed by atoms with Crippen LogP contribution in [0.2, 0.25) is 0 Å². The summed E-state index contributed by atoms with van der Waals surface area (Å²) in [5.41, 5.74) is 10.1. The first-order valence-corrected chi connectivity index (χ1v) is 7.88. The molecule has 1 amide bonds. The lowest BCUT2D eigenvalue weighted by Crippen LogP contribution is -2.24. The number of nitrogens with zero attached hydrogens (tertiary/aromatic N) is 1. The van der Waals surface area contributed by atoms with E-state index in [2.05, 4.69) is 22.3 Å². The van der Waals surface area contributed by atoms with E-state index < -0.39 is 0 Å². The quantitative estimate of drug-likeness (QED) is 0.773. The van der Waals surface area contributed by atoms with Gasteiger partial charge in [0.05, 0.1) is 0 Å². The number of aryl methyl sites for hydroxylation is 1. The molecule has 0 bridgehead atoms. The van der Waals surface area contributed by atoms with E-state index in [1.807, 2.05) is 50.5 Å². The Kier molecular flexibility index (Phi) is 6.18. The fourth-order valence-corrected chi connectivity index (χ4v) is 2.52. The number of nitrogens with two attached hydrogens (primary N) is 1. The first kappa shape index (κ1) is 17.0. The zero-order chi connectivity index (χ0) is 16.7. The van der Waals surface area contributed by atoms with E-state index in [0.717, 1.165) is 23.4 Å². The molecule has 0 saturated carbocycles. The lowest BCUT2D eigenvalue weighted by molar-refractivity contribution is -0.121. The molecule has 0 atom stereocenters. The van der Waals surface area contributed by atoms with Crippen molar-refractivity contribution in [3.8, 4) is 0 Å². The van der Waals surface area contributed by atoms with E-state index >= 15 is 0 Å². The highest BCUT2D eigenvalue weighted by molar-refractivity contribution is 5.76. The second-order valence-electron chi connectivity index (χ2n) is 5.98. The van der Waals surface area contributed by atoms with E-state index in [9.17, 15) is 4.79 Å². The molecule has 0 aliphatic rings. The fourth-order valence-electron chi connectivity index (χ4n) is 2.52. The van der Waals surface area contributed by atoms with Crippen LogP contribution in [0.1, 0.15) is 23.1 Å². The number of anilines is 1. The highest BCUT2D eigenvalue weighted by Crippen LogP contribution is 2.13. The maximum Gasteiger partial charge on any atom is 0.220 e. The number of hydrogen-bond acceptors (Lipinski definition) is 3. The van der Waals surface area contributed by atoms with Crippen molar-refractivity contribution in [2.24, 2.45) is 0 Å². The molecule has 4 heteroatoms. The molecule has 122 valence electrons. The molecule has 0 heterocycles. The number of carbonyl (C=O) groups is 1. The molecular formula is C19H25N3O. The van der Waals surface area contributed by atoms with Crippen LogP contribution < -0.4 is 11.1 Å². The molecule has 0 aromatic heterocycles. The Balaban J connectivity index is 1.86. The van der Waals surface area contributed by atoms with Gasteiger partial charge >= 0.3 is 0 Å². The molecule has 0 fully saturated rings. The Morgan fingerprint density at radius 1 is 1.00 bits per heavy atom. The minimum Gasteiger partial charge on any atom is -0.399 e. The Morgan fingerprint density at radius 2 is 1.61 bits per heavy atom. The Morgan fingerprint density at radius 3 is 2.26 bits per heavy atom. The van der Waals surface area contributed by atoms with Gasteiger partial charge in [-0.3, -0.25) is 4.79 Å². The largest absolute Gasteiger partial charge is 0.399 e. The highest BCUT2D eigenvalue weighted by atomic mass is 16.1. The summed E-state index contributed by atoms with van der Waals surface area (Å²) in [6.07, 6.45) is 1.11. The Hall–Kier alpha value is -2.33. The molecule has 4 nitrogen and oxygen atoms in total. The number of carbonyl (C=O) groups excluding carboxylic acids is 1. The van der Waals surface area contributed by atoms with Crippen molar-refractivity contribution in [2.45, 2.75) is 25.9 Å². The minimum absolute atomic E-state index is 0.0490. The fraction of sp³-hybridized carbons (Fsp3) is 0.316. The smallest absolute Gasteiger partial charge is 0.220 e. The number of hydrogen-bond donors (Lipinski definition) is 2. The van der Waals surface area contributed by atoms with Crippen LogP contribution in [0.5, 0.6) is 0 Å². The van der Waals surface area contributed by atoms with Gasteiger partial charge in [-0.2, -0.15) is 0 Å². The normalized spacial score (nSPS) is 10.7. The average Bonchev–Trinajstić information content (AvgIpc) is 2.53. The number of nitrogens with one attached hydrogen (secondary N) is 1. The van der Waals surface area contributed by atoms with Crippen LogP contribution in [0.15, 0.2) is 48.5 Å². The predicted molar refractivity (Wildman–Crippen MR) is 94.9 cm³/mol. The van der Waals surface area contributed by atoms with E-state index in [1.165, 1.54) is 5.56 Å². The van der Waals surface area contributed by atoms with Gasteiger partial charge in [0.15, 0.2) is 0 Å². The third-order valence-corrected chi connectivity index (χ3v) is 3.76. The van der Waals surface area contributed by atoms with Crippen molar-refractivity contribution in [1.29, 1.82) is 0 Å². The Labute approximate surface area is 138 Å². The van der Waals surface area contributed by atoms with Gasteiger partial charge in [0, 0.05) is 25.2 Å². The minimum atomic E-state index is 0.0490. The van der Waals surface area contributed by atoms with Crippen molar-refractivity contribution < 1.29 is 4.79 Å². The van der Waals surface area contributed by atoms with Crippen molar-refractivity contribution >= 4 is 11.6 Å². The van der Waals surface area contributed by atoms with Crippen LogP contribution in [-0.4, -0.2) is 24.9 Å². The number of para-hydroxylation sites is 1. The molecule has 3 N–H and O–H groups in total. The molecule has 0 spiro atoms. The molecular weight excluding hydrogens is 286 g/mol. The summed E-state index contributed by atoms with van der Waals surface area (Å²) in [4.78, 5) is 14.2. The topological polar surface area (TPSA) is 58.4 Å². The van der Waals surface area contributed by atoms with Crippen LogP contribution in [0.25, 0.3) is 0 Å². The van der Waals surface area contributed by atoms with Crippen LogP contribution in [0.3, 0.4) is 0 Å². The molecule has 0 saturated heterocycles. The summed E-state index contributed by atoms with van der Waals surface area (Å²) in [5, 5.41) is 3.00. The molecule has 0 aliphatic carbocycles. The van der Waals surface area contributed by atoms with Gasteiger partial charge in [0.1, 0.15) is 0 Å². The van der Waals surface area contributed by atoms with Crippen LogP contribution in [0, 0.1) is 0 Å². The molecule has 2 rings (SSSR count).